The van der Waals surface area contributed by atoms with Gasteiger partial charge in [-0.3, -0.25) is 4.79 Å². The number of rotatable bonds is 8. The molecule has 134 valence electrons. The van der Waals surface area contributed by atoms with Crippen molar-refractivity contribution >= 4 is 35.1 Å². The number of carbonyl (C=O) groups is 2. The Labute approximate surface area is 153 Å². The van der Waals surface area contributed by atoms with E-state index >= 15 is 0 Å². The molecule has 0 aliphatic rings. The zero-order chi connectivity index (χ0) is 18.4. The first-order chi connectivity index (χ1) is 11.9. The number of amides is 1. The number of aliphatic carboxylic acids is 1. The molecule has 8 nitrogen and oxygen atoms in total. The van der Waals surface area contributed by atoms with Gasteiger partial charge in [0, 0.05) is 13.0 Å². The van der Waals surface area contributed by atoms with Gasteiger partial charge in [0.2, 0.25) is 5.82 Å². The van der Waals surface area contributed by atoms with Gasteiger partial charge in [0.25, 0.3) is 5.91 Å². The summed E-state index contributed by atoms with van der Waals surface area (Å²) in [6.45, 7) is 1.64. The normalized spacial score (nSPS) is 10.7. The van der Waals surface area contributed by atoms with Gasteiger partial charge in [-0.1, -0.05) is 36.2 Å². The van der Waals surface area contributed by atoms with Crippen molar-refractivity contribution in [3.05, 3.63) is 39.9 Å². The highest BCUT2D eigenvalue weighted by Gasteiger charge is 2.19. The lowest BCUT2D eigenvalue weighted by Crippen LogP contribution is -2.29. The third kappa shape index (κ3) is 4.91. The minimum absolute atomic E-state index is 0.0360. The summed E-state index contributed by atoms with van der Waals surface area (Å²) in [5, 5.41) is 16.0. The largest absolute Gasteiger partial charge is 0.480 e. The topological polar surface area (TPSA) is 106 Å². The molecule has 0 radical (unpaired) electrons. The summed E-state index contributed by atoms with van der Waals surface area (Å²) in [7, 11) is 0. The molecule has 1 aromatic heterocycles. The molecule has 2 N–H and O–H groups in total. The standard InChI is InChI=1S/C15H16Cl2N4O4/c1-2-11-19-14(15(24)18-6-7-25-8-12(22)23)20-21(11)13-9(16)4-3-5-10(13)17/h3-5H,2,6-8H2,1H3,(H,18,24)(H,22,23). The van der Waals surface area contributed by atoms with Crippen molar-refractivity contribution in [2.75, 3.05) is 19.8 Å². The lowest BCUT2D eigenvalue weighted by atomic mass is 10.3. The summed E-state index contributed by atoms with van der Waals surface area (Å²) in [4.78, 5) is 26.7. The summed E-state index contributed by atoms with van der Waals surface area (Å²) in [5.41, 5.74) is 0.457. The highest BCUT2D eigenvalue weighted by Crippen LogP contribution is 2.28. The minimum Gasteiger partial charge on any atom is -0.480 e. The van der Waals surface area contributed by atoms with Crippen LogP contribution in [0.3, 0.4) is 0 Å². The van der Waals surface area contributed by atoms with Gasteiger partial charge >= 0.3 is 5.97 Å². The van der Waals surface area contributed by atoms with Crippen LogP contribution in [0.4, 0.5) is 0 Å². The molecule has 1 heterocycles. The number of hydrogen-bond donors (Lipinski definition) is 2. The lowest BCUT2D eigenvalue weighted by Gasteiger charge is -2.08. The number of nitrogens with one attached hydrogen (secondary N) is 1. The maximum absolute atomic E-state index is 12.1. The molecule has 25 heavy (non-hydrogen) atoms. The van der Waals surface area contributed by atoms with Crippen LogP contribution in [-0.4, -0.2) is 51.5 Å². The molecule has 2 rings (SSSR count). The summed E-state index contributed by atoms with van der Waals surface area (Å²) in [6, 6.07) is 5.05. The summed E-state index contributed by atoms with van der Waals surface area (Å²) < 4.78 is 6.28. The number of aryl methyl sites for hydroxylation is 1. The predicted octanol–water partition coefficient (Wildman–Crippen LogP) is 1.97. The number of carboxylic acids is 1. The van der Waals surface area contributed by atoms with Crippen molar-refractivity contribution in [3.8, 4) is 5.69 Å². The quantitative estimate of drug-likeness (QED) is 0.671. The molecule has 0 aliphatic carbocycles. The van der Waals surface area contributed by atoms with E-state index in [2.05, 4.69) is 15.4 Å². The van der Waals surface area contributed by atoms with Crippen LogP contribution in [0.1, 0.15) is 23.4 Å². The number of aromatic nitrogens is 3. The van der Waals surface area contributed by atoms with E-state index in [0.717, 1.165) is 0 Å². The van der Waals surface area contributed by atoms with Crippen LogP contribution in [0, 0.1) is 0 Å². The van der Waals surface area contributed by atoms with Crippen molar-refractivity contribution in [3.63, 3.8) is 0 Å². The van der Waals surface area contributed by atoms with Crippen LogP contribution < -0.4 is 5.32 Å². The first-order valence-corrected chi connectivity index (χ1v) is 8.17. The highest BCUT2D eigenvalue weighted by atomic mass is 35.5. The maximum Gasteiger partial charge on any atom is 0.329 e. The Balaban J connectivity index is 2.12. The Kier molecular flexibility index (Phi) is 6.74. The SMILES string of the molecule is CCc1nc(C(=O)NCCOCC(=O)O)nn1-c1c(Cl)cccc1Cl. The number of nitrogens with zero attached hydrogens (tertiary/aromatic N) is 3. The van der Waals surface area contributed by atoms with E-state index in [0.29, 0.717) is 28.0 Å². The Morgan fingerprint density at radius 2 is 2.00 bits per heavy atom. The zero-order valence-electron chi connectivity index (χ0n) is 13.3. The first kappa shape index (κ1) is 19.2. The van der Waals surface area contributed by atoms with Gasteiger partial charge in [-0.05, 0) is 12.1 Å². The fourth-order valence-electron chi connectivity index (χ4n) is 2.02. The van der Waals surface area contributed by atoms with E-state index in [1.54, 1.807) is 18.2 Å². The van der Waals surface area contributed by atoms with Crippen LogP contribution in [-0.2, 0) is 16.0 Å². The average molecular weight is 387 g/mol. The molecule has 0 atom stereocenters. The van der Waals surface area contributed by atoms with Gasteiger partial charge in [0.15, 0.2) is 0 Å². The van der Waals surface area contributed by atoms with E-state index in [4.69, 9.17) is 33.0 Å². The Bertz CT molecular complexity index is 759. The van der Waals surface area contributed by atoms with Crippen molar-refractivity contribution in [1.29, 1.82) is 0 Å². The molecule has 2 aromatic rings. The smallest absolute Gasteiger partial charge is 0.329 e. The van der Waals surface area contributed by atoms with Crippen molar-refractivity contribution in [2.45, 2.75) is 13.3 Å². The number of carbonyl (C=O) groups excluding carboxylic acids is 1. The molecule has 1 aromatic carbocycles. The Hall–Kier alpha value is -2.16. The Morgan fingerprint density at radius 1 is 1.32 bits per heavy atom. The first-order valence-electron chi connectivity index (χ1n) is 7.42. The third-order valence-electron chi connectivity index (χ3n) is 3.10. The fraction of sp³-hybridized carbons (Fsp3) is 0.333. The van der Waals surface area contributed by atoms with Gasteiger partial charge < -0.3 is 15.2 Å². The summed E-state index contributed by atoms with van der Waals surface area (Å²) in [6.07, 6.45) is 0.517. The van der Waals surface area contributed by atoms with E-state index in [1.807, 2.05) is 6.92 Å². The molecule has 0 aliphatic heterocycles. The van der Waals surface area contributed by atoms with Crippen molar-refractivity contribution in [2.24, 2.45) is 0 Å². The maximum atomic E-state index is 12.1. The highest BCUT2D eigenvalue weighted by molar-refractivity contribution is 6.37. The van der Waals surface area contributed by atoms with Crippen molar-refractivity contribution < 1.29 is 19.4 Å². The zero-order valence-corrected chi connectivity index (χ0v) is 14.8. The lowest BCUT2D eigenvalue weighted by molar-refractivity contribution is -0.142. The number of halogens is 2. The molecule has 0 saturated carbocycles. The second-order valence-electron chi connectivity index (χ2n) is 4.89. The molecule has 0 spiro atoms. The summed E-state index contributed by atoms with van der Waals surface area (Å²) >= 11 is 12.4. The van der Waals surface area contributed by atoms with Gasteiger partial charge in [0.05, 0.1) is 16.7 Å². The molecule has 0 unspecified atom stereocenters. The number of benzene rings is 1. The summed E-state index contributed by atoms with van der Waals surface area (Å²) in [5.74, 6) is -1.08. The van der Waals surface area contributed by atoms with Crippen molar-refractivity contribution in [1.82, 2.24) is 20.1 Å². The van der Waals surface area contributed by atoms with Crippen LogP contribution >= 0.6 is 23.2 Å². The van der Waals surface area contributed by atoms with E-state index in [9.17, 15) is 9.59 Å². The van der Waals surface area contributed by atoms with E-state index in [-0.39, 0.29) is 19.0 Å². The number of carboxylic acid groups (broad SMARTS) is 1. The van der Waals surface area contributed by atoms with Crippen LogP contribution in [0.5, 0.6) is 0 Å². The molecular weight excluding hydrogens is 371 g/mol. The fourth-order valence-corrected chi connectivity index (χ4v) is 2.57. The Morgan fingerprint density at radius 3 is 2.60 bits per heavy atom. The van der Waals surface area contributed by atoms with Gasteiger partial charge in [-0.25, -0.2) is 14.5 Å². The molecule has 1 amide bonds. The molecule has 0 saturated heterocycles. The predicted molar refractivity (Wildman–Crippen MR) is 91.5 cm³/mol. The number of hydrogen-bond acceptors (Lipinski definition) is 5. The van der Waals surface area contributed by atoms with Crippen LogP contribution in [0.2, 0.25) is 10.0 Å². The minimum atomic E-state index is -1.07. The molecular formula is C15H16Cl2N4O4. The second-order valence-corrected chi connectivity index (χ2v) is 5.70. The number of para-hydroxylation sites is 1. The van der Waals surface area contributed by atoms with Gasteiger partial charge in [0.1, 0.15) is 18.1 Å². The van der Waals surface area contributed by atoms with Crippen LogP contribution in [0.25, 0.3) is 5.69 Å². The van der Waals surface area contributed by atoms with Gasteiger partial charge in [-0.15, -0.1) is 5.10 Å². The van der Waals surface area contributed by atoms with Crippen LogP contribution in [0.15, 0.2) is 18.2 Å². The third-order valence-corrected chi connectivity index (χ3v) is 3.71. The molecule has 0 bridgehead atoms. The average Bonchev–Trinajstić information content (AvgIpc) is 2.98. The number of ether oxygens (including phenoxy) is 1. The van der Waals surface area contributed by atoms with E-state index in [1.165, 1.54) is 4.68 Å². The van der Waals surface area contributed by atoms with Gasteiger partial charge in [-0.2, -0.15) is 0 Å². The molecule has 0 fully saturated rings. The molecule has 10 heteroatoms. The second kappa shape index (κ2) is 8.80. The van der Waals surface area contributed by atoms with E-state index < -0.39 is 18.5 Å². The monoisotopic (exact) mass is 386 g/mol.